The van der Waals surface area contributed by atoms with Gasteiger partial charge >= 0.3 is 0 Å². The second kappa shape index (κ2) is 6.09. The first-order valence-corrected chi connectivity index (χ1v) is 5.64. The molecule has 1 saturated carbocycles. The average Bonchev–Trinajstić information content (AvgIpc) is 2.18. The standard InChI is InChI=1S/C13H22N/c1-4-12-7-9-13(10-8-12)6-5-11-14(2)3/h12-13H,1,4,7-11H2,2-3H3/t12-,13-. The van der Waals surface area contributed by atoms with E-state index in [1.54, 1.807) is 0 Å². The Morgan fingerprint density at radius 1 is 1.21 bits per heavy atom. The molecule has 0 aromatic heterocycles. The Hall–Kier alpha value is -0.480. The fourth-order valence-electron chi connectivity index (χ4n) is 1.94. The predicted molar refractivity (Wildman–Crippen MR) is 61.8 cm³/mol. The van der Waals surface area contributed by atoms with Crippen LogP contribution in [-0.4, -0.2) is 25.5 Å². The summed E-state index contributed by atoms with van der Waals surface area (Å²) in [5.74, 6) is 8.17. The highest BCUT2D eigenvalue weighted by Gasteiger charge is 2.17. The Morgan fingerprint density at radius 2 is 1.86 bits per heavy atom. The fraction of sp³-hybridized carbons (Fsp3) is 0.769. The monoisotopic (exact) mass is 192 g/mol. The molecule has 14 heavy (non-hydrogen) atoms. The smallest absolute Gasteiger partial charge is 0.0596 e. The van der Waals surface area contributed by atoms with Gasteiger partial charge in [0.1, 0.15) is 0 Å². The Kier molecular flexibility index (Phi) is 5.04. The lowest BCUT2D eigenvalue weighted by Gasteiger charge is -2.24. The van der Waals surface area contributed by atoms with E-state index >= 15 is 0 Å². The maximum Gasteiger partial charge on any atom is 0.0596 e. The van der Waals surface area contributed by atoms with Gasteiger partial charge < -0.3 is 0 Å². The van der Waals surface area contributed by atoms with E-state index in [9.17, 15) is 0 Å². The van der Waals surface area contributed by atoms with Gasteiger partial charge in [-0.1, -0.05) is 25.2 Å². The van der Waals surface area contributed by atoms with Gasteiger partial charge in [-0.05, 0) is 45.7 Å². The van der Waals surface area contributed by atoms with Gasteiger partial charge in [0, 0.05) is 5.92 Å². The van der Waals surface area contributed by atoms with Crippen LogP contribution in [0, 0.1) is 30.6 Å². The summed E-state index contributed by atoms with van der Waals surface area (Å²) in [7, 11) is 4.13. The van der Waals surface area contributed by atoms with E-state index in [0.717, 1.165) is 18.9 Å². The van der Waals surface area contributed by atoms with Crippen molar-refractivity contribution in [1.29, 1.82) is 0 Å². The van der Waals surface area contributed by atoms with E-state index < -0.39 is 0 Å². The highest BCUT2D eigenvalue weighted by Crippen LogP contribution is 2.29. The van der Waals surface area contributed by atoms with Crippen molar-refractivity contribution in [3.05, 3.63) is 6.92 Å². The average molecular weight is 192 g/mol. The van der Waals surface area contributed by atoms with Crippen molar-refractivity contribution in [1.82, 2.24) is 4.90 Å². The third kappa shape index (κ3) is 4.15. The molecule has 1 rings (SSSR count). The quantitative estimate of drug-likeness (QED) is 0.608. The maximum atomic E-state index is 3.98. The van der Waals surface area contributed by atoms with Gasteiger partial charge in [-0.3, -0.25) is 4.90 Å². The van der Waals surface area contributed by atoms with E-state index in [-0.39, 0.29) is 0 Å². The minimum Gasteiger partial charge on any atom is -0.299 e. The molecule has 0 amide bonds. The third-order valence-corrected chi connectivity index (χ3v) is 2.96. The highest BCUT2D eigenvalue weighted by molar-refractivity contribution is 5.06. The topological polar surface area (TPSA) is 3.24 Å². The molecule has 79 valence electrons. The third-order valence-electron chi connectivity index (χ3n) is 2.96. The first-order chi connectivity index (χ1) is 6.72. The van der Waals surface area contributed by atoms with Crippen LogP contribution in [0.3, 0.4) is 0 Å². The first kappa shape index (κ1) is 11.6. The molecule has 0 N–H and O–H groups in total. The van der Waals surface area contributed by atoms with Gasteiger partial charge in [-0.15, -0.1) is 0 Å². The lowest BCUT2D eigenvalue weighted by atomic mass is 9.81. The SMILES string of the molecule is [CH2]C[C@H]1CC[C@H](C#CCN(C)C)CC1. The predicted octanol–water partition coefficient (Wildman–Crippen LogP) is 2.58. The molecule has 1 aliphatic carbocycles. The van der Waals surface area contributed by atoms with E-state index in [1.165, 1.54) is 25.7 Å². The number of hydrogen-bond donors (Lipinski definition) is 0. The minimum absolute atomic E-state index is 0.665. The molecule has 0 aromatic carbocycles. The zero-order chi connectivity index (χ0) is 10.4. The van der Waals surface area contributed by atoms with Gasteiger partial charge in [-0.2, -0.15) is 0 Å². The van der Waals surface area contributed by atoms with Crippen LogP contribution in [0.1, 0.15) is 32.1 Å². The Labute approximate surface area is 88.9 Å². The van der Waals surface area contributed by atoms with Crippen LogP contribution in [0.25, 0.3) is 0 Å². The largest absolute Gasteiger partial charge is 0.299 e. The van der Waals surface area contributed by atoms with Gasteiger partial charge in [0.2, 0.25) is 0 Å². The van der Waals surface area contributed by atoms with Crippen LogP contribution in [0.4, 0.5) is 0 Å². The maximum absolute atomic E-state index is 3.98. The zero-order valence-corrected chi connectivity index (χ0v) is 9.55. The normalized spacial score (nSPS) is 27.1. The van der Waals surface area contributed by atoms with E-state index in [1.807, 2.05) is 0 Å². The highest BCUT2D eigenvalue weighted by atomic mass is 15.0. The molecule has 1 nitrogen and oxygen atoms in total. The van der Waals surface area contributed by atoms with Crippen molar-refractivity contribution < 1.29 is 0 Å². The van der Waals surface area contributed by atoms with Crippen LogP contribution in [0.5, 0.6) is 0 Å². The van der Waals surface area contributed by atoms with Crippen LogP contribution < -0.4 is 0 Å². The number of rotatable bonds is 2. The van der Waals surface area contributed by atoms with Crippen molar-refractivity contribution in [2.75, 3.05) is 20.6 Å². The minimum atomic E-state index is 0.665. The molecule has 0 saturated heterocycles. The van der Waals surface area contributed by atoms with Gasteiger partial charge in [0.15, 0.2) is 0 Å². The summed E-state index contributed by atoms with van der Waals surface area (Å²) in [6.07, 6.45) is 6.37. The molecule has 1 fully saturated rings. The van der Waals surface area contributed by atoms with Gasteiger partial charge in [0.05, 0.1) is 6.54 Å². The van der Waals surface area contributed by atoms with Crippen LogP contribution >= 0.6 is 0 Å². The summed E-state index contributed by atoms with van der Waals surface area (Å²) in [6, 6.07) is 0. The molecule has 0 heterocycles. The summed E-state index contributed by atoms with van der Waals surface area (Å²) in [5.41, 5.74) is 0. The second-order valence-electron chi connectivity index (χ2n) is 4.57. The molecule has 1 aliphatic rings. The van der Waals surface area contributed by atoms with Crippen LogP contribution in [0.15, 0.2) is 0 Å². The van der Waals surface area contributed by atoms with Gasteiger partial charge in [-0.25, -0.2) is 0 Å². The lowest BCUT2D eigenvalue weighted by Crippen LogP contribution is -2.14. The Bertz CT molecular complexity index is 201. The Balaban J connectivity index is 2.23. The summed E-state index contributed by atoms with van der Waals surface area (Å²) in [4.78, 5) is 2.12. The summed E-state index contributed by atoms with van der Waals surface area (Å²) >= 11 is 0. The lowest BCUT2D eigenvalue weighted by molar-refractivity contribution is 0.318. The molecule has 0 unspecified atom stereocenters. The second-order valence-corrected chi connectivity index (χ2v) is 4.57. The van der Waals surface area contributed by atoms with Crippen LogP contribution in [0.2, 0.25) is 0 Å². The molecule has 0 spiro atoms. The van der Waals surface area contributed by atoms with Crippen molar-refractivity contribution >= 4 is 0 Å². The van der Waals surface area contributed by atoms with Crippen molar-refractivity contribution in [2.24, 2.45) is 11.8 Å². The summed E-state index contributed by atoms with van der Waals surface area (Å²) < 4.78 is 0. The molecule has 0 aromatic rings. The molecular weight excluding hydrogens is 170 g/mol. The van der Waals surface area contributed by atoms with Crippen LogP contribution in [-0.2, 0) is 0 Å². The Morgan fingerprint density at radius 3 is 2.36 bits per heavy atom. The number of hydrogen-bond acceptors (Lipinski definition) is 1. The van der Waals surface area contributed by atoms with Gasteiger partial charge in [0.25, 0.3) is 0 Å². The number of nitrogens with zero attached hydrogens (tertiary/aromatic N) is 1. The fourth-order valence-corrected chi connectivity index (χ4v) is 1.94. The van der Waals surface area contributed by atoms with Crippen molar-refractivity contribution in [3.8, 4) is 11.8 Å². The van der Waals surface area contributed by atoms with Crippen molar-refractivity contribution in [2.45, 2.75) is 32.1 Å². The molecule has 1 radical (unpaired) electrons. The summed E-state index contributed by atoms with van der Waals surface area (Å²) in [5, 5.41) is 0. The molecular formula is C13H22N. The molecule has 0 atom stereocenters. The van der Waals surface area contributed by atoms with E-state index in [2.05, 4.69) is 37.8 Å². The zero-order valence-electron chi connectivity index (χ0n) is 9.55. The van der Waals surface area contributed by atoms with E-state index in [0.29, 0.717) is 5.92 Å². The van der Waals surface area contributed by atoms with E-state index in [4.69, 9.17) is 0 Å². The molecule has 0 bridgehead atoms. The van der Waals surface area contributed by atoms with Crippen molar-refractivity contribution in [3.63, 3.8) is 0 Å². The molecule has 0 aliphatic heterocycles. The first-order valence-electron chi connectivity index (χ1n) is 5.64. The molecule has 1 heteroatoms. The summed E-state index contributed by atoms with van der Waals surface area (Å²) in [6.45, 7) is 4.88.